The van der Waals surface area contributed by atoms with Crippen molar-refractivity contribution in [3.63, 3.8) is 0 Å². The summed E-state index contributed by atoms with van der Waals surface area (Å²) in [6.07, 6.45) is 4.20. The van der Waals surface area contributed by atoms with Gasteiger partial charge >= 0.3 is 5.97 Å². The molecule has 4 nitrogen and oxygen atoms in total. The SMILES string of the molecule is O=C(O)C1CC1c1nc(-c2cccnc2)cs1. The van der Waals surface area contributed by atoms with Crippen LogP contribution in [0, 0.1) is 5.92 Å². The Bertz CT molecular complexity index is 553. The summed E-state index contributed by atoms with van der Waals surface area (Å²) in [6, 6.07) is 3.82. The van der Waals surface area contributed by atoms with Crippen molar-refractivity contribution in [1.29, 1.82) is 0 Å². The monoisotopic (exact) mass is 246 g/mol. The van der Waals surface area contributed by atoms with Crippen LogP contribution in [0.4, 0.5) is 0 Å². The first kappa shape index (κ1) is 10.4. The highest BCUT2D eigenvalue weighted by Crippen LogP contribution is 2.48. The number of carbonyl (C=O) groups is 1. The van der Waals surface area contributed by atoms with Gasteiger partial charge < -0.3 is 5.11 Å². The largest absolute Gasteiger partial charge is 0.481 e. The van der Waals surface area contributed by atoms with Crippen molar-refractivity contribution >= 4 is 17.3 Å². The van der Waals surface area contributed by atoms with Crippen LogP contribution in [0.15, 0.2) is 29.9 Å². The number of aromatic nitrogens is 2. The van der Waals surface area contributed by atoms with Gasteiger partial charge in [0.25, 0.3) is 0 Å². The van der Waals surface area contributed by atoms with Gasteiger partial charge in [-0.25, -0.2) is 4.98 Å². The highest BCUT2D eigenvalue weighted by atomic mass is 32.1. The molecule has 2 aromatic rings. The number of nitrogens with zero attached hydrogens (tertiary/aromatic N) is 2. The zero-order valence-corrected chi connectivity index (χ0v) is 9.72. The molecule has 86 valence electrons. The van der Waals surface area contributed by atoms with Crippen molar-refractivity contribution < 1.29 is 9.90 Å². The van der Waals surface area contributed by atoms with E-state index in [9.17, 15) is 4.79 Å². The number of pyridine rings is 1. The van der Waals surface area contributed by atoms with E-state index >= 15 is 0 Å². The van der Waals surface area contributed by atoms with E-state index in [-0.39, 0.29) is 11.8 Å². The smallest absolute Gasteiger partial charge is 0.307 e. The van der Waals surface area contributed by atoms with E-state index < -0.39 is 5.97 Å². The summed E-state index contributed by atoms with van der Waals surface area (Å²) >= 11 is 1.53. The number of hydrogen-bond acceptors (Lipinski definition) is 4. The van der Waals surface area contributed by atoms with E-state index in [1.165, 1.54) is 11.3 Å². The summed E-state index contributed by atoms with van der Waals surface area (Å²) < 4.78 is 0. The molecule has 1 aliphatic carbocycles. The van der Waals surface area contributed by atoms with Crippen LogP contribution in [0.25, 0.3) is 11.3 Å². The molecule has 0 amide bonds. The van der Waals surface area contributed by atoms with Crippen molar-refractivity contribution in [3.8, 4) is 11.3 Å². The molecular formula is C12H10N2O2S. The molecule has 0 spiro atoms. The lowest BCUT2D eigenvalue weighted by Gasteiger charge is -1.93. The Morgan fingerprint density at radius 2 is 2.41 bits per heavy atom. The van der Waals surface area contributed by atoms with Crippen LogP contribution in [-0.2, 0) is 4.79 Å². The number of carboxylic acids is 1. The molecule has 1 saturated carbocycles. The van der Waals surface area contributed by atoms with Gasteiger partial charge in [0.15, 0.2) is 0 Å². The van der Waals surface area contributed by atoms with E-state index in [0.29, 0.717) is 0 Å². The van der Waals surface area contributed by atoms with Crippen molar-refractivity contribution in [2.24, 2.45) is 5.92 Å². The molecule has 0 aliphatic heterocycles. The van der Waals surface area contributed by atoms with Crippen molar-refractivity contribution in [1.82, 2.24) is 9.97 Å². The second kappa shape index (κ2) is 3.92. The van der Waals surface area contributed by atoms with Crippen molar-refractivity contribution in [3.05, 3.63) is 34.9 Å². The Morgan fingerprint density at radius 1 is 1.53 bits per heavy atom. The predicted molar refractivity (Wildman–Crippen MR) is 63.8 cm³/mol. The van der Waals surface area contributed by atoms with Gasteiger partial charge in [-0.05, 0) is 18.6 Å². The van der Waals surface area contributed by atoms with E-state index in [1.54, 1.807) is 12.4 Å². The van der Waals surface area contributed by atoms with Crippen LogP contribution in [0.5, 0.6) is 0 Å². The molecule has 0 radical (unpaired) electrons. The lowest BCUT2D eigenvalue weighted by molar-refractivity contribution is -0.138. The number of aliphatic carboxylic acids is 1. The van der Waals surface area contributed by atoms with Gasteiger partial charge in [-0.1, -0.05) is 0 Å². The fraction of sp³-hybridized carbons (Fsp3) is 0.250. The Morgan fingerprint density at radius 3 is 3.06 bits per heavy atom. The maximum atomic E-state index is 10.8. The quantitative estimate of drug-likeness (QED) is 0.903. The molecule has 1 aliphatic rings. The fourth-order valence-corrected chi connectivity index (χ4v) is 2.85. The predicted octanol–water partition coefficient (Wildman–Crippen LogP) is 2.39. The first-order valence-corrected chi connectivity index (χ1v) is 6.22. The molecule has 3 rings (SSSR count). The van der Waals surface area contributed by atoms with Crippen molar-refractivity contribution in [2.45, 2.75) is 12.3 Å². The van der Waals surface area contributed by atoms with Crippen LogP contribution < -0.4 is 0 Å². The minimum Gasteiger partial charge on any atom is -0.481 e. The van der Waals surface area contributed by atoms with Crippen LogP contribution in [0.2, 0.25) is 0 Å². The second-order valence-electron chi connectivity index (χ2n) is 4.10. The summed E-state index contributed by atoms with van der Waals surface area (Å²) in [5, 5.41) is 11.8. The van der Waals surface area contributed by atoms with Crippen LogP contribution >= 0.6 is 11.3 Å². The van der Waals surface area contributed by atoms with Gasteiger partial charge in [0.1, 0.15) is 0 Å². The third-order valence-corrected chi connectivity index (χ3v) is 3.88. The Labute approximate surface area is 102 Å². The van der Waals surface area contributed by atoms with Gasteiger partial charge in [-0.2, -0.15) is 0 Å². The maximum absolute atomic E-state index is 10.8. The van der Waals surface area contributed by atoms with Crippen molar-refractivity contribution in [2.75, 3.05) is 0 Å². The van der Waals surface area contributed by atoms with E-state index in [4.69, 9.17) is 5.11 Å². The number of thiazole rings is 1. The van der Waals surface area contributed by atoms with Gasteiger partial charge in [-0.15, -0.1) is 11.3 Å². The Balaban J connectivity index is 1.83. The molecule has 2 unspecified atom stereocenters. The highest BCUT2D eigenvalue weighted by molar-refractivity contribution is 7.10. The zero-order chi connectivity index (χ0) is 11.8. The second-order valence-corrected chi connectivity index (χ2v) is 4.99. The van der Waals surface area contributed by atoms with Gasteiger partial charge in [0.2, 0.25) is 0 Å². The zero-order valence-electron chi connectivity index (χ0n) is 8.91. The summed E-state index contributed by atoms with van der Waals surface area (Å²) in [6.45, 7) is 0. The van der Waals surface area contributed by atoms with Gasteiger partial charge in [0, 0.05) is 29.3 Å². The average molecular weight is 246 g/mol. The van der Waals surface area contributed by atoms with Gasteiger partial charge in [-0.3, -0.25) is 9.78 Å². The first-order valence-electron chi connectivity index (χ1n) is 5.34. The minimum atomic E-state index is -0.715. The molecule has 2 aromatic heterocycles. The standard InChI is InChI=1S/C12H10N2O2S/c15-12(16)9-4-8(9)11-14-10(6-17-11)7-2-1-3-13-5-7/h1-3,5-6,8-9H,4H2,(H,15,16). The highest BCUT2D eigenvalue weighted by Gasteiger charge is 2.46. The molecule has 0 bridgehead atoms. The molecular weight excluding hydrogens is 236 g/mol. The number of rotatable bonds is 3. The van der Waals surface area contributed by atoms with E-state index in [2.05, 4.69) is 9.97 Å². The van der Waals surface area contributed by atoms with Crippen LogP contribution in [0.3, 0.4) is 0 Å². The average Bonchev–Trinajstić information content (AvgIpc) is 3.01. The molecule has 1 fully saturated rings. The number of hydrogen-bond donors (Lipinski definition) is 1. The molecule has 5 heteroatoms. The minimum absolute atomic E-state index is 0.114. The molecule has 17 heavy (non-hydrogen) atoms. The lowest BCUT2D eigenvalue weighted by Crippen LogP contribution is -1.98. The summed E-state index contributed by atoms with van der Waals surface area (Å²) in [5.41, 5.74) is 1.86. The molecule has 2 atom stereocenters. The van der Waals surface area contributed by atoms with E-state index in [1.807, 2.05) is 17.5 Å². The normalized spacial score (nSPS) is 22.4. The maximum Gasteiger partial charge on any atom is 0.307 e. The van der Waals surface area contributed by atoms with Crippen LogP contribution in [0.1, 0.15) is 17.3 Å². The molecule has 2 heterocycles. The summed E-state index contributed by atoms with van der Waals surface area (Å²) in [7, 11) is 0. The van der Waals surface area contributed by atoms with E-state index in [0.717, 1.165) is 22.7 Å². The molecule has 1 N–H and O–H groups in total. The molecule has 0 saturated heterocycles. The van der Waals surface area contributed by atoms with Crippen LogP contribution in [-0.4, -0.2) is 21.0 Å². The summed E-state index contributed by atoms with van der Waals surface area (Å²) in [4.78, 5) is 19.3. The third-order valence-electron chi connectivity index (χ3n) is 2.90. The first-order chi connectivity index (χ1) is 8.25. The molecule has 0 aromatic carbocycles. The van der Waals surface area contributed by atoms with Gasteiger partial charge in [0.05, 0.1) is 16.6 Å². The number of carboxylic acid groups (broad SMARTS) is 1. The third kappa shape index (κ3) is 1.93. The Hall–Kier alpha value is -1.75. The fourth-order valence-electron chi connectivity index (χ4n) is 1.85. The Kier molecular flexibility index (Phi) is 2.40. The topological polar surface area (TPSA) is 63.1 Å². The summed E-state index contributed by atoms with van der Waals surface area (Å²) in [5.74, 6) is -0.834. The lowest BCUT2D eigenvalue weighted by atomic mass is 10.2.